The Balaban J connectivity index is 0.896. The number of aromatic nitrogens is 4. The topological polar surface area (TPSA) is 110 Å². The van der Waals surface area contributed by atoms with E-state index in [9.17, 15) is 0 Å². The maximum atomic E-state index is 6.97. The number of nitrogens with two attached hydrogens (primary N) is 2. The zero-order chi connectivity index (χ0) is 32.5. The molecule has 0 saturated carbocycles. The summed E-state index contributed by atoms with van der Waals surface area (Å²) in [5.74, 6) is 2.73. The Kier molecular flexibility index (Phi) is 8.43. The van der Waals surface area contributed by atoms with Crippen LogP contribution in [0, 0.1) is 17.8 Å². The van der Waals surface area contributed by atoms with Gasteiger partial charge in [-0.1, -0.05) is 72.8 Å². The van der Waals surface area contributed by atoms with Crippen molar-refractivity contribution in [1.29, 1.82) is 0 Å². The molecular weight excluding hydrogens is 592 g/mol. The number of rotatable bonds is 9. The van der Waals surface area contributed by atoms with Crippen LogP contribution in [0.25, 0.3) is 44.1 Å². The molecule has 2 fully saturated rings. The average Bonchev–Trinajstić information content (AvgIpc) is 3.82. The van der Waals surface area contributed by atoms with E-state index in [1.165, 1.54) is 21.5 Å². The van der Waals surface area contributed by atoms with Crippen molar-refractivity contribution in [1.82, 2.24) is 19.9 Å². The van der Waals surface area contributed by atoms with Crippen LogP contribution in [0.5, 0.6) is 0 Å². The van der Waals surface area contributed by atoms with Gasteiger partial charge >= 0.3 is 0 Å². The Morgan fingerprint density at radius 1 is 0.646 bits per heavy atom. The molecule has 4 aromatic carbocycles. The summed E-state index contributed by atoms with van der Waals surface area (Å²) in [4.78, 5) is 23.9. The molecule has 2 aromatic heterocycles. The lowest BCUT2D eigenvalue weighted by Crippen LogP contribution is -2.42. The van der Waals surface area contributed by atoms with Crippen molar-refractivity contribution in [2.45, 2.75) is 25.3 Å². The van der Waals surface area contributed by atoms with Gasteiger partial charge in [0.15, 0.2) is 0 Å². The zero-order valence-corrected chi connectivity index (χ0v) is 27.2. The second-order valence-corrected chi connectivity index (χ2v) is 13.5. The number of anilines is 2. The lowest BCUT2D eigenvalue weighted by Gasteiger charge is -2.30. The van der Waals surface area contributed by atoms with Gasteiger partial charge in [0.1, 0.15) is 0 Å². The van der Waals surface area contributed by atoms with Gasteiger partial charge in [-0.05, 0) is 89.4 Å². The van der Waals surface area contributed by atoms with Gasteiger partial charge in [-0.15, -0.1) is 0 Å². The number of hydrogen-bond donors (Lipinski definition) is 2. The summed E-state index contributed by atoms with van der Waals surface area (Å²) < 4.78 is 0. The monoisotopic (exact) mass is 634 g/mol. The maximum absolute atomic E-state index is 6.97. The van der Waals surface area contributed by atoms with Gasteiger partial charge in [-0.2, -0.15) is 0 Å². The summed E-state index contributed by atoms with van der Waals surface area (Å²) in [6.45, 7) is 4.23. The van der Waals surface area contributed by atoms with Gasteiger partial charge < -0.3 is 21.3 Å². The molecule has 4 heterocycles. The fraction of sp³-hybridized carbons (Fsp3) is 0.300. The molecule has 4 N–H and O–H groups in total. The van der Waals surface area contributed by atoms with Gasteiger partial charge in [0.2, 0.25) is 11.9 Å². The third-order valence-corrected chi connectivity index (χ3v) is 10.5. The van der Waals surface area contributed by atoms with Gasteiger partial charge in [0.05, 0.1) is 11.4 Å². The molecule has 0 radical (unpaired) electrons. The van der Waals surface area contributed by atoms with Gasteiger partial charge in [0.25, 0.3) is 0 Å². The van der Waals surface area contributed by atoms with Crippen molar-refractivity contribution in [3.63, 3.8) is 0 Å². The first-order valence-electron chi connectivity index (χ1n) is 17.2. The van der Waals surface area contributed by atoms with Crippen LogP contribution in [0.2, 0.25) is 0 Å². The highest BCUT2D eigenvalue weighted by molar-refractivity contribution is 5.87. The van der Waals surface area contributed by atoms with Crippen molar-refractivity contribution in [2.24, 2.45) is 29.2 Å². The summed E-state index contributed by atoms with van der Waals surface area (Å²) in [6.07, 6.45) is 6.84. The normalized spacial score (nSPS) is 19.3. The standard InChI is InChI=1S/C40H42N8/c41-24-35(34-16-20-48(26-34)40-44-18-14-38(46-40)33-12-10-29-6-2-4-8-31(29)23-33)36(42)21-27-15-19-47(25-27)39-43-17-13-37(45-39)32-11-9-28-5-1-3-7-30(28)22-32/h1-14,17-18,22-23,27,34-36H,15-16,19-21,24-26,41-42H2. The van der Waals surface area contributed by atoms with Crippen molar-refractivity contribution < 1.29 is 0 Å². The van der Waals surface area contributed by atoms with Crippen LogP contribution >= 0.6 is 0 Å². The van der Waals surface area contributed by atoms with Crippen LogP contribution in [0.15, 0.2) is 109 Å². The van der Waals surface area contributed by atoms with Gasteiger partial charge in [0, 0.05) is 55.7 Å². The van der Waals surface area contributed by atoms with E-state index in [-0.39, 0.29) is 12.0 Å². The minimum absolute atomic E-state index is 0.0413. The predicted octanol–water partition coefficient (Wildman–Crippen LogP) is 6.55. The van der Waals surface area contributed by atoms with Crippen LogP contribution in [0.4, 0.5) is 11.9 Å². The highest BCUT2D eigenvalue weighted by atomic mass is 15.3. The molecule has 2 saturated heterocycles. The third kappa shape index (κ3) is 6.21. The summed E-state index contributed by atoms with van der Waals surface area (Å²) in [6, 6.07) is 33.9. The van der Waals surface area contributed by atoms with E-state index in [4.69, 9.17) is 21.4 Å². The summed E-state index contributed by atoms with van der Waals surface area (Å²) in [5.41, 5.74) is 17.5. The molecule has 0 amide bonds. The second kappa shape index (κ2) is 13.3. The molecule has 8 heteroatoms. The fourth-order valence-corrected chi connectivity index (χ4v) is 7.82. The van der Waals surface area contributed by atoms with E-state index >= 15 is 0 Å². The molecular formula is C40H42N8. The van der Waals surface area contributed by atoms with E-state index in [0.717, 1.165) is 79.9 Å². The van der Waals surface area contributed by atoms with Crippen LogP contribution in [-0.2, 0) is 0 Å². The van der Waals surface area contributed by atoms with Crippen LogP contribution in [0.1, 0.15) is 19.3 Å². The van der Waals surface area contributed by atoms with Crippen molar-refractivity contribution in [3.8, 4) is 22.5 Å². The summed E-state index contributed by atoms with van der Waals surface area (Å²) >= 11 is 0. The first-order chi connectivity index (χ1) is 23.6. The SMILES string of the molecule is NCC(C(N)CC1CCN(c2nccc(-c3ccc4ccccc4c3)n2)C1)C1CCN(c2nccc(-c3ccc4ccccc4c3)n2)C1. The Morgan fingerprint density at radius 2 is 1.19 bits per heavy atom. The molecule has 4 atom stereocenters. The largest absolute Gasteiger partial charge is 0.341 e. The Labute approximate surface area is 281 Å². The van der Waals surface area contributed by atoms with E-state index < -0.39 is 0 Å². The number of benzene rings is 4. The molecule has 8 rings (SSSR count). The number of nitrogens with zero attached hydrogens (tertiary/aromatic N) is 6. The minimum atomic E-state index is 0.0413. The molecule has 0 aliphatic carbocycles. The zero-order valence-electron chi connectivity index (χ0n) is 27.2. The molecule has 0 spiro atoms. The quantitative estimate of drug-likeness (QED) is 0.184. The Morgan fingerprint density at radius 3 is 1.77 bits per heavy atom. The van der Waals surface area contributed by atoms with Crippen LogP contribution in [-0.4, -0.2) is 58.7 Å². The highest BCUT2D eigenvalue weighted by Crippen LogP contribution is 2.33. The van der Waals surface area contributed by atoms with Crippen molar-refractivity contribution >= 4 is 33.4 Å². The number of fused-ring (bicyclic) bond motifs is 2. The minimum Gasteiger partial charge on any atom is -0.341 e. The fourth-order valence-electron chi connectivity index (χ4n) is 7.82. The lowest BCUT2D eigenvalue weighted by atomic mass is 9.81. The molecule has 242 valence electrons. The van der Waals surface area contributed by atoms with E-state index in [2.05, 4.69) is 105 Å². The van der Waals surface area contributed by atoms with Gasteiger partial charge in [-0.3, -0.25) is 0 Å². The van der Waals surface area contributed by atoms with Crippen molar-refractivity contribution in [2.75, 3.05) is 42.5 Å². The first kappa shape index (κ1) is 30.4. The smallest absolute Gasteiger partial charge is 0.225 e. The number of hydrogen-bond acceptors (Lipinski definition) is 8. The van der Waals surface area contributed by atoms with Gasteiger partial charge in [-0.25, -0.2) is 19.9 Å². The molecule has 2 aliphatic rings. The maximum Gasteiger partial charge on any atom is 0.225 e. The molecule has 2 aliphatic heterocycles. The summed E-state index contributed by atoms with van der Waals surface area (Å²) in [5, 5.41) is 4.89. The van der Waals surface area contributed by atoms with E-state index in [0.29, 0.717) is 18.4 Å². The third-order valence-electron chi connectivity index (χ3n) is 10.5. The highest BCUT2D eigenvalue weighted by Gasteiger charge is 2.35. The summed E-state index contributed by atoms with van der Waals surface area (Å²) in [7, 11) is 0. The molecule has 0 bridgehead atoms. The molecule has 6 aromatic rings. The Bertz CT molecular complexity index is 2050. The lowest BCUT2D eigenvalue weighted by molar-refractivity contribution is 0.274. The molecule has 8 nitrogen and oxygen atoms in total. The van der Waals surface area contributed by atoms with Crippen molar-refractivity contribution in [3.05, 3.63) is 109 Å². The molecule has 4 unspecified atom stereocenters. The predicted molar refractivity (Wildman–Crippen MR) is 196 cm³/mol. The average molecular weight is 635 g/mol. The van der Waals surface area contributed by atoms with Crippen LogP contribution in [0.3, 0.4) is 0 Å². The van der Waals surface area contributed by atoms with Crippen LogP contribution < -0.4 is 21.3 Å². The second-order valence-electron chi connectivity index (χ2n) is 13.5. The van der Waals surface area contributed by atoms with E-state index in [1.807, 2.05) is 24.5 Å². The van der Waals surface area contributed by atoms with E-state index in [1.54, 1.807) is 0 Å². The Hall–Kier alpha value is -4.92. The molecule has 48 heavy (non-hydrogen) atoms. The first-order valence-corrected chi connectivity index (χ1v) is 17.2.